The number of fused-ring (bicyclic) bond motifs is 1. The van der Waals surface area contributed by atoms with Crippen LogP contribution in [0.2, 0.25) is 0 Å². The maximum absolute atomic E-state index is 12.7. The van der Waals surface area contributed by atoms with Gasteiger partial charge in [0.1, 0.15) is 11.9 Å². The van der Waals surface area contributed by atoms with E-state index in [1.807, 2.05) is 12.1 Å². The van der Waals surface area contributed by atoms with Crippen molar-refractivity contribution in [2.75, 3.05) is 12.4 Å². The summed E-state index contributed by atoms with van der Waals surface area (Å²) in [6.45, 7) is 0.341. The molecule has 2 N–H and O–H groups in total. The number of hydrogen-bond donors (Lipinski definition) is 2. The van der Waals surface area contributed by atoms with E-state index in [0.717, 1.165) is 42.1 Å². The van der Waals surface area contributed by atoms with Gasteiger partial charge in [-0.1, -0.05) is 24.3 Å². The number of sulfonamides is 1. The van der Waals surface area contributed by atoms with E-state index in [9.17, 15) is 18.0 Å². The number of carbonyl (C=O) groups excluding carboxylic acids is 2. The Morgan fingerprint density at radius 1 is 1.03 bits per heavy atom. The first-order valence-corrected chi connectivity index (χ1v) is 14.0. The minimum atomic E-state index is -4.01. The summed E-state index contributed by atoms with van der Waals surface area (Å²) < 4.78 is 39.9. The third-order valence-electron chi connectivity index (χ3n) is 6.61. The van der Waals surface area contributed by atoms with Crippen LogP contribution in [0.15, 0.2) is 77.8 Å². The Labute approximate surface area is 226 Å². The number of methoxy groups -OCH3 is 1. The van der Waals surface area contributed by atoms with Crippen LogP contribution in [0.1, 0.15) is 41.6 Å². The Balaban J connectivity index is 1.29. The Hall–Kier alpha value is -4.38. The van der Waals surface area contributed by atoms with E-state index in [1.54, 1.807) is 41.2 Å². The molecule has 0 aliphatic heterocycles. The van der Waals surface area contributed by atoms with Gasteiger partial charge in [-0.2, -0.15) is 5.10 Å². The summed E-state index contributed by atoms with van der Waals surface area (Å²) in [5, 5.41) is 8.08. The molecule has 4 aromatic rings. The number of aromatic nitrogens is 2. The molecule has 202 valence electrons. The quantitative estimate of drug-likeness (QED) is 0.326. The second-order valence-electron chi connectivity index (χ2n) is 9.29. The van der Waals surface area contributed by atoms with Gasteiger partial charge in [0, 0.05) is 22.2 Å². The number of carbonyl (C=O) groups is 2. The number of hydrogen-bond acceptors (Lipinski definition) is 7. The molecular formula is C28H28N4O6S. The van der Waals surface area contributed by atoms with Crippen LogP contribution in [0.5, 0.6) is 5.75 Å². The van der Waals surface area contributed by atoms with Crippen molar-refractivity contribution < 1.29 is 27.5 Å². The van der Waals surface area contributed by atoms with Gasteiger partial charge in [-0.3, -0.25) is 14.8 Å². The molecule has 3 aromatic carbocycles. The fraction of sp³-hybridized carbons (Fsp3) is 0.250. The van der Waals surface area contributed by atoms with Crippen molar-refractivity contribution in [3.63, 3.8) is 0 Å². The highest BCUT2D eigenvalue weighted by molar-refractivity contribution is 7.90. The fourth-order valence-corrected chi connectivity index (χ4v) is 5.61. The number of ether oxygens (including phenoxy) is 2. The van der Waals surface area contributed by atoms with Gasteiger partial charge in [-0.05, 0) is 68.1 Å². The molecule has 0 unspecified atom stereocenters. The van der Waals surface area contributed by atoms with E-state index < -0.39 is 22.0 Å². The van der Waals surface area contributed by atoms with E-state index >= 15 is 0 Å². The van der Waals surface area contributed by atoms with Crippen LogP contribution in [-0.4, -0.2) is 43.4 Å². The minimum Gasteiger partial charge on any atom is -0.496 e. The Bertz CT molecular complexity index is 1610. The molecule has 1 aliphatic rings. The predicted molar refractivity (Wildman–Crippen MR) is 145 cm³/mol. The summed E-state index contributed by atoms with van der Waals surface area (Å²) in [7, 11) is -2.53. The van der Waals surface area contributed by atoms with Crippen LogP contribution in [0.3, 0.4) is 0 Å². The molecule has 2 amide bonds. The Morgan fingerprint density at radius 3 is 2.54 bits per heavy atom. The highest BCUT2D eigenvalue weighted by Gasteiger charge is 2.21. The third-order valence-corrected chi connectivity index (χ3v) is 7.96. The number of amides is 2. The van der Waals surface area contributed by atoms with Crippen LogP contribution >= 0.6 is 0 Å². The van der Waals surface area contributed by atoms with E-state index in [0.29, 0.717) is 18.0 Å². The molecule has 10 nitrogen and oxygen atoms in total. The topological polar surface area (TPSA) is 129 Å². The maximum Gasteiger partial charge on any atom is 0.411 e. The van der Waals surface area contributed by atoms with Gasteiger partial charge in [0.2, 0.25) is 0 Å². The lowest BCUT2D eigenvalue weighted by Gasteiger charge is -2.13. The molecule has 0 bridgehead atoms. The second kappa shape index (κ2) is 11.2. The van der Waals surface area contributed by atoms with Crippen molar-refractivity contribution in [1.29, 1.82) is 0 Å². The molecule has 0 saturated heterocycles. The fourth-order valence-electron chi connectivity index (χ4n) is 4.61. The first-order chi connectivity index (χ1) is 18.8. The van der Waals surface area contributed by atoms with E-state index in [4.69, 9.17) is 9.47 Å². The van der Waals surface area contributed by atoms with Crippen molar-refractivity contribution in [2.45, 2.75) is 43.2 Å². The molecular weight excluding hydrogens is 520 g/mol. The highest BCUT2D eigenvalue weighted by atomic mass is 32.2. The van der Waals surface area contributed by atoms with Crippen molar-refractivity contribution in [1.82, 2.24) is 14.5 Å². The second-order valence-corrected chi connectivity index (χ2v) is 11.0. The van der Waals surface area contributed by atoms with Gasteiger partial charge >= 0.3 is 6.09 Å². The minimum absolute atomic E-state index is 0.00319. The van der Waals surface area contributed by atoms with Gasteiger partial charge < -0.3 is 9.47 Å². The zero-order valence-corrected chi connectivity index (χ0v) is 22.1. The average Bonchev–Trinajstić information content (AvgIpc) is 3.59. The van der Waals surface area contributed by atoms with Crippen molar-refractivity contribution in [2.24, 2.45) is 0 Å². The molecule has 5 rings (SSSR count). The largest absolute Gasteiger partial charge is 0.496 e. The molecule has 1 fully saturated rings. The van der Waals surface area contributed by atoms with Gasteiger partial charge in [0.05, 0.1) is 30.3 Å². The zero-order valence-electron chi connectivity index (χ0n) is 21.3. The smallest absolute Gasteiger partial charge is 0.411 e. The number of anilines is 1. The summed E-state index contributed by atoms with van der Waals surface area (Å²) in [6.07, 6.45) is 5.20. The maximum atomic E-state index is 12.7. The van der Waals surface area contributed by atoms with Crippen LogP contribution < -0.4 is 14.8 Å². The molecule has 11 heteroatoms. The van der Waals surface area contributed by atoms with Crippen molar-refractivity contribution >= 4 is 38.6 Å². The van der Waals surface area contributed by atoms with E-state index in [2.05, 4.69) is 15.1 Å². The van der Waals surface area contributed by atoms with Crippen LogP contribution in [0.25, 0.3) is 10.9 Å². The summed E-state index contributed by atoms with van der Waals surface area (Å²) in [5.74, 6) is -0.351. The lowest BCUT2D eigenvalue weighted by Crippen LogP contribution is -2.30. The first-order valence-electron chi connectivity index (χ1n) is 12.5. The van der Waals surface area contributed by atoms with Gasteiger partial charge in [-0.15, -0.1) is 0 Å². The average molecular weight is 549 g/mol. The van der Waals surface area contributed by atoms with E-state index in [1.165, 1.54) is 31.4 Å². The SMILES string of the molecule is COc1cc(C(=O)NS(=O)(=O)c2ccccc2)ccc1Cn1ncc2cc(NC(=O)OC3CCCC3)ccc21. The first kappa shape index (κ1) is 26.2. The predicted octanol–water partition coefficient (Wildman–Crippen LogP) is 4.70. The molecule has 1 heterocycles. The standard InChI is InChI=1S/C28H28N4O6S/c1-37-26-16-19(27(33)31-39(35,36)24-9-3-2-4-10-24)11-12-20(26)18-32-25-14-13-22(15-21(25)17-29-32)30-28(34)38-23-7-5-6-8-23/h2-4,9-17,23H,5-8,18H2,1H3,(H,30,34)(H,31,33). The monoisotopic (exact) mass is 548 g/mol. The molecule has 0 atom stereocenters. The van der Waals surface area contributed by atoms with Gasteiger partial charge in [-0.25, -0.2) is 17.9 Å². The molecule has 0 spiro atoms. The number of benzene rings is 3. The summed E-state index contributed by atoms with van der Waals surface area (Å²) in [4.78, 5) is 24.9. The van der Waals surface area contributed by atoms with Crippen LogP contribution in [0.4, 0.5) is 10.5 Å². The van der Waals surface area contributed by atoms with Crippen LogP contribution in [0, 0.1) is 0 Å². The summed E-state index contributed by atoms with van der Waals surface area (Å²) in [5.41, 5.74) is 2.33. The molecule has 1 aliphatic carbocycles. The molecule has 1 aromatic heterocycles. The molecule has 39 heavy (non-hydrogen) atoms. The zero-order chi connectivity index (χ0) is 27.4. The van der Waals surface area contributed by atoms with Crippen LogP contribution in [-0.2, 0) is 21.3 Å². The van der Waals surface area contributed by atoms with Crippen molar-refractivity contribution in [3.8, 4) is 5.75 Å². The van der Waals surface area contributed by atoms with E-state index in [-0.39, 0.29) is 16.6 Å². The Kier molecular flexibility index (Phi) is 7.51. The molecule has 1 saturated carbocycles. The normalized spacial score (nSPS) is 13.8. The van der Waals surface area contributed by atoms with Gasteiger partial charge in [0.15, 0.2) is 0 Å². The third kappa shape index (κ3) is 6.04. The molecule has 0 radical (unpaired) electrons. The lowest BCUT2D eigenvalue weighted by molar-refractivity contribution is 0.0980. The van der Waals surface area contributed by atoms with Gasteiger partial charge in [0.25, 0.3) is 15.9 Å². The number of nitrogens with zero attached hydrogens (tertiary/aromatic N) is 2. The number of nitrogens with one attached hydrogen (secondary N) is 2. The number of rotatable bonds is 8. The lowest BCUT2D eigenvalue weighted by atomic mass is 10.1. The van der Waals surface area contributed by atoms with Crippen molar-refractivity contribution in [3.05, 3.63) is 84.1 Å². The Morgan fingerprint density at radius 2 is 1.79 bits per heavy atom. The summed E-state index contributed by atoms with van der Waals surface area (Å²) >= 11 is 0. The highest BCUT2D eigenvalue weighted by Crippen LogP contribution is 2.26. The summed E-state index contributed by atoms with van der Waals surface area (Å²) in [6, 6.07) is 17.9.